The van der Waals surface area contributed by atoms with Crippen LogP contribution in [0.4, 0.5) is 4.39 Å². The van der Waals surface area contributed by atoms with E-state index in [1.807, 2.05) is 18.2 Å². The summed E-state index contributed by atoms with van der Waals surface area (Å²) in [5, 5.41) is 12.5. The minimum Gasteiger partial charge on any atom is -0.376 e. The number of nitrogens with one attached hydrogen (secondary N) is 1. The van der Waals surface area contributed by atoms with Gasteiger partial charge >= 0.3 is 0 Å². The predicted octanol–water partition coefficient (Wildman–Crippen LogP) is 3.71. The molecule has 0 amide bonds. The third-order valence-corrected chi connectivity index (χ3v) is 4.15. The van der Waals surface area contributed by atoms with Crippen LogP contribution in [0.1, 0.15) is 35.6 Å². The maximum absolute atomic E-state index is 13.2. The number of hydrogen-bond donors (Lipinski definition) is 1. The van der Waals surface area contributed by atoms with Crippen LogP contribution in [0.2, 0.25) is 0 Å². The maximum atomic E-state index is 13.2. The molecular formula is C19H19FN2O. The van der Waals surface area contributed by atoms with Crippen molar-refractivity contribution >= 4 is 0 Å². The Kier molecular flexibility index (Phi) is 5.02. The van der Waals surface area contributed by atoms with Crippen molar-refractivity contribution in [2.45, 2.75) is 31.5 Å². The van der Waals surface area contributed by atoms with Crippen LogP contribution in [0.25, 0.3) is 0 Å². The molecule has 4 heteroatoms. The molecule has 0 aliphatic carbocycles. The number of halogens is 1. The van der Waals surface area contributed by atoms with Crippen LogP contribution < -0.4 is 5.32 Å². The van der Waals surface area contributed by atoms with E-state index in [2.05, 4.69) is 11.4 Å². The molecule has 1 fully saturated rings. The van der Waals surface area contributed by atoms with Crippen molar-refractivity contribution in [2.24, 2.45) is 0 Å². The van der Waals surface area contributed by atoms with Gasteiger partial charge in [-0.3, -0.25) is 0 Å². The van der Waals surface area contributed by atoms with Crippen molar-refractivity contribution in [2.75, 3.05) is 6.61 Å². The normalized spacial score (nSPS) is 18.5. The molecule has 1 heterocycles. The van der Waals surface area contributed by atoms with Crippen LogP contribution in [-0.4, -0.2) is 12.7 Å². The van der Waals surface area contributed by atoms with Crippen molar-refractivity contribution in [1.29, 1.82) is 5.26 Å². The van der Waals surface area contributed by atoms with Gasteiger partial charge in [0, 0.05) is 13.2 Å². The molecule has 0 bridgehead atoms. The first-order valence-corrected chi connectivity index (χ1v) is 7.86. The van der Waals surface area contributed by atoms with E-state index >= 15 is 0 Å². The highest BCUT2D eigenvalue weighted by Crippen LogP contribution is 2.27. The average Bonchev–Trinajstić information content (AvgIpc) is 3.11. The summed E-state index contributed by atoms with van der Waals surface area (Å²) in [7, 11) is 0. The fraction of sp³-hybridized carbons (Fsp3) is 0.316. The monoisotopic (exact) mass is 310 g/mol. The van der Waals surface area contributed by atoms with Crippen molar-refractivity contribution in [3.63, 3.8) is 0 Å². The molecule has 1 aliphatic rings. The Labute approximate surface area is 135 Å². The Hall–Kier alpha value is -2.22. The second kappa shape index (κ2) is 7.36. The Bertz CT molecular complexity index is 687. The fourth-order valence-electron chi connectivity index (χ4n) is 2.98. The van der Waals surface area contributed by atoms with Crippen LogP contribution in [0, 0.1) is 17.1 Å². The average molecular weight is 310 g/mol. The Balaban J connectivity index is 1.75. The summed E-state index contributed by atoms with van der Waals surface area (Å²) in [5.74, 6) is -0.235. The van der Waals surface area contributed by atoms with Crippen LogP contribution in [0.15, 0.2) is 48.5 Å². The van der Waals surface area contributed by atoms with Crippen molar-refractivity contribution in [1.82, 2.24) is 5.32 Å². The summed E-state index contributed by atoms with van der Waals surface area (Å²) in [6.07, 6.45) is 2.14. The molecule has 1 N–H and O–H groups in total. The molecule has 0 radical (unpaired) electrons. The Morgan fingerprint density at radius 3 is 2.78 bits per heavy atom. The van der Waals surface area contributed by atoms with E-state index in [-0.39, 0.29) is 18.0 Å². The molecule has 0 unspecified atom stereocenters. The lowest BCUT2D eigenvalue weighted by molar-refractivity contribution is 0.0776. The van der Waals surface area contributed by atoms with Gasteiger partial charge in [-0.05, 0) is 48.2 Å². The van der Waals surface area contributed by atoms with E-state index in [9.17, 15) is 4.39 Å². The van der Waals surface area contributed by atoms with Crippen molar-refractivity contribution in [3.05, 3.63) is 71.0 Å². The smallest absolute Gasteiger partial charge is 0.123 e. The third kappa shape index (κ3) is 3.95. The van der Waals surface area contributed by atoms with E-state index < -0.39 is 0 Å². The van der Waals surface area contributed by atoms with Gasteiger partial charge < -0.3 is 10.1 Å². The molecule has 118 valence electrons. The first-order chi connectivity index (χ1) is 11.3. The predicted molar refractivity (Wildman–Crippen MR) is 86.1 cm³/mol. The van der Waals surface area contributed by atoms with Gasteiger partial charge in [0.2, 0.25) is 0 Å². The highest BCUT2D eigenvalue weighted by Gasteiger charge is 2.27. The largest absolute Gasteiger partial charge is 0.376 e. The molecule has 2 aromatic rings. The Morgan fingerprint density at radius 2 is 2.09 bits per heavy atom. The van der Waals surface area contributed by atoms with E-state index in [0.29, 0.717) is 12.1 Å². The number of hydrogen-bond acceptors (Lipinski definition) is 3. The first kappa shape index (κ1) is 15.7. The molecule has 0 spiro atoms. The molecule has 1 saturated heterocycles. The highest BCUT2D eigenvalue weighted by atomic mass is 19.1. The zero-order valence-electron chi connectivity index (χ0n) is 12.8. The lowest BCUT2D eigenvalue weighted by Gasteiger charge is -2.25. The zero-order chi connectivity index (χ0) is 16.1. The van der Waals surface area contributed by atoms with Gasteiger partial charge in [0.1, 0.15) is 5.82 Å². The molecule has 3 rings (SSSR count). The van der Waals surface area contributed by atoms with Gasteiger partial charge in [0.25, 0.3) is 0 Å². The molecule has 0 saturated carbocycles. The summed E-state index contributed by atoms with van der Waals surface area (Å²) < 4.78 is 19.0. The van der Waals surface area contributed by atoms with Gasteiger partial charge in [-0.1, -0.05) is 24.3 Å². The number of benzene rings is 2. The van der Waals surface area contributed by atoms with E-state index in [4.69, 9.17) is 10.00 Å². The summed E-state index contributed by atoms with van der Waals surface area (Å²) in [6.45, 7) is 1.41. The molecule has 0 aromatic heterocycles. The topological polar surface area (TPSA) is 45.0 Å². The summed E-state index contributed by atoms with van der Waals surface area (Å²) in [5.41, 5.74) is 2.73. The van der Waals surface area contributed by atoms with Gasteiger partial charge in [-0.25, -0.2) is 4.39 Å². The van der Waals surface area contributed by atoms with Crippen molar-refractivity contribution < 1.29 is 9.13 Å². The van der Waals surface area contributed by atoms with Crippen LogP contribution in [0.3, 0.4) is 0 Å². The fourth-order valence-corrected chi connectivity index (χ4v) is 2.98. The quantitative estimate of drug-likeness (QED) is 0.915. The van der Waals surface area contributed by atoms with E-state index in [0.717, 1.165) is 30.6 Å². The van der Waals surface area contributed by atoms with Crippen LogP contribution in [-0.2, 0) is 11.3 Å². The summed E-state index contributed by atoms with van der Waals surface area (Å²) >= 11 is 0. The molecule has 1 aliphatic heterocycles. The molecular weight excluding hydrogens is 291 g/mol. The van der Waals surface area contributed by atoms with Gasteiger partial charge in [-0.2, -0.15) is 5.26 Å². The van der Waals surface area contributed by atoms with E-state index in [1.165, 1.54) is 12.1 Å². The maximum Gasteiger partial charge on any atom is 0.123 e. The summed E-state index contributed by atoms with van der Waals surface area (Å²) in [6, 6.07) is 16.3. The van der Waals surface area contributed by atoms with Crippen molar-refractivity contribution in [3.8, 4) is 6.07 Å². The number of ether oxygens (including phenoxy) is 1. The lowest BCUT2D eigenvalue weighted by atomic mass is 9.98. The number of nitrogens with zero attached hydrogens (tertiary/aromatic N) is 1. The van der Waals surface area contributed by atoms with Gasteiger partial charge in [0.15, 0.2) is 0 Å². The SMILES string of the molecule is N#Cc1cccc(CN[C@@H](c2ccc(F)cc2)[C@@H]2CCCO2)c1. The van der Waals surface area contributed by atoms with Gasteiger partial charge in [-0.15, -0.1) is 0 Å². The molecule has 3 nitrogen and oxygen atoms in total. The molecule has 23 heavy (non-hydrogen) atoms. The third-order valence-electron chi connectivity index (χ3n) is 4.15. The van der Waals surface area contributed by atoms with Gasteiger partial charge in [0.05, 0.1) is 23.8 Å². The minimum atomic E-state index is -0.235. The molecule has 2 aromatic carbocycles. The highest BCUT2D eigenvalue weighted by molar-refractivity contribution is 5.33. The van der Waals surface area contributed by atoms with Crippen LogP contribution in [0.5, 0.6) is 0 Å². The van der Waals surface area contributed by atoms with Crippen LogP contribution >= 0.6 is 0 Å². The first-order valence-electron chi connectivity index (χ1n) is 7.86. The second-order valence-corrected chi connectivity index (χ2v) is 5.77. The number of nitriles is 1. The van der Waals surface area contributed by atoms with E-state index in [1.54, 1.807) is 18.2 Å². The standard InChI is InChI=1S/C19H19FN2O/c20-17-8-6-16(7-9-17)19(18-5-2-10-23-18)22-13-15-4-1-3-14(11-15)12-21/h1,3-4,6-9,11,18-19,22H,2,5,10,13H2/t18-,19-/m0/s1. The minimum absolute atomic E-state index is 0.0174. The number of rotatable bonds is 5. The molecule has 2 atom stereocenters. The zero-order valence-corrected chi connectivity index (χ0v) is 12.8. The summed E-state index contributed by atoms with van der Waals surface area (Å²) in [4.78, 5) is 0. The second-order valence-electron chi connectivity index (χ2n) is 5.77. The lowest BCUT2D eigenvalue weighted by Crippen LogP contribution is -2.31. The Morgan fingerprint density at radius 1 is 1.26 bits per heavy atom.